The van der Waals surface area contributed by atoms with Crippen LogP contribution in [0.25, 0.3) is 0 Å². The number of phosphoric ester groups is 1. The van der Waals surface area contributed by atoms with Gasteiger partial charge in [-0.1, -0.05) is 151 Å². The van der Waals surface area contributed by atoms with E-state index in [9.17, 15) is 14.3 Å². The Morgan fingerprint density at radius 3 is 1.58 bits per heavy atom. The topological polar surface area (TPSA) is 91.3 Å². The lowest BCUT2D eigenvalue weighted by atomic mass is 10.1. The number of carbonyl (C=O) groups is 1. The molecule has 0 radical (unpaired) electrons. The van der Waals surface area contributed by atoms with Crippen LogP contribution in [0.1, 0.15) is 155 Å². The lowest BCUT2D eigenvalue weighted by molar-refractivity contribution is -0.870. The first-order valence-electron chi connectivity index (χ1n) is 21.7. The van der Waals surface area contributed by atoms with E-state index in [0.29, 0.717) is 30.5 Å². The average Bonchev–Trinajstić information content (AvgIpc) is 3.13. The number of phosphoric acid groups is 1. The minimum absolute atomic E-state index is 0.0713. The highest BCUT2D eigenvalue weighted by molar-refractivity contribution is 7.47. The number of unbranched alkanes of at least 4 members (excludes halogenated alkanes) is 13. The van der Waals surface area contributed by atoms with Gasteiger partial charge in [0, 0.05) is 6.42 Å². The monoisotopic (exact) mass is 793 g/mol. The van der Waals surface area contributed by atoms with Crippen LogP contribution < -0.4 is 0 Å². The predicted octanol–water partition coefficient (Wildman–Crippen LogP) is 12.7. The average molecular weight is 793 g/mol. The number of allylic oxidation sites excluding steroid dienone is 11. The van der Waals surface area contributed by atoms with Crippen molar-refractivity contribution < 1.29 is 37.3 Å². The number of likely N-dealkylation sites (N-methyl/N-ethyl adjacent to an activating group) is 1. The summed E-state index contributed by atoms with van der Waals surface area (Å²) < 4.78 is 34.8. The quantitative estimate of drug-likeness (QED) is 0.0218. The standard InChI is InChI=1S/C46H82NO7P/c1-6-8-10-12-14-16-18-20-22-24-25-27-29-31-33-35-37-39-46(48)54-45(44-53-55(49,50)52-42-40-47(3,4)5)43-51-41-38-36-34-32-30-28-26-23-21-19-17-15-13-11-9-7-2/h9,11,15,17,20-23,28,30,34,36,45H,6-8,10,12-14,16,18-19,24-27,29,31-33,35,37-44H2,1-5H3/p+1/b11-9-,17-15-,22-20-,23-21-,30-28-,36-34-. The Morgan fingerprint density at radius 1 is 0.582 bits per heavy atom. The maximum Gasteiger partial charge on any atom is 0.472 e. The van der Waals surface area contributed by atoms with E-state index < -0.39 is 13.9 Å². The predicted molar refractivity (Wildman–Crippen MR) is 233 cm³/mol. The van der Waals surface area contributed by atoms with Gasteiger partial charge in [0.05, 0.1) is 41.0 Å². The van der Waals surface area contributed by atoms with Gasteiger partial charge < -0.3 is 18.9 Å². The molecule has 2 unspecified atom stereocenters. The Kier molecular flexibility index (Phi) is 37.3. The van der Waals surface area contributed by atoms with E-state index in [4.69, 9.17) is 18.5 Å². The lowest BCUT2D eigenvalue weighted by Crippen LogP contribution is -2.37. The van der Waals surface area contributed by atoms with Crippen molar-refractivity contribution in [3.63, 3.8) is 0 Å². The number of quaternary nitrogens is 1. The highest BCUT2D eigenvalue weighted by Crippen LogP contribution is 2.43. The summed E-state index contributed by atoms with van der Waals surface area (Å²) >= 11 is 0. The molecular formula is C46H83NO7P+. The number of carbonyl (C=O) groups excluding carboxylic acids is 1. The third-order valence-electron chi connectivity index (χ3n) is 8.77. The number of hydrogen-bond acceptors (Lipinski definition) is 6. The van der Waals surface area contributed by atoms with Crippen molar-refractivity contribution in [3.8, 4) is 0 Å². The van der Waals surface area contributed by atoms with Gasteiger partial charge in [-0.3, -0.25) is 13.8 Å². The van der Waals surface area contributed by atoms with E-state index >= 15 is 0 Å². The van der Waals surface area contributed by atoms with Crippen LogP contribution in [-0.4, -0.2) is 75.6 Å². The van der Waals surface area contributed by atoms with Gasteiger partial charge in [0.1, 0.15) is 19.3 Å². The molecule has 318 valence electrons. The van der Waals surface area contributed by atoms with Gasteiger partial charge in [-0.2, -0.15) is 0 Å². The molecule has 0 aromatic rings. The molecular weight excluding hydrogens is 709 g/mol. The fraction of sp³-hybridized carbons (Fsp3) is 0.717. The van der Waals surface area contributed by atoms with Crippen LogP contribution in [0.3, 0.4) is 0 Å². The van der Waals surface area contributed by atoms with E-state index in [-0.39, 0.29) is 25.8 Å². The van der Waals surface area contributed by atoms with Crippen LogP contribution in [0.15, 0.2) is 72.9 Å². The van der Waals surface area contributed by atoms with Crippen molar-refractivity contribution in [2.75, 3.05) is 54.1 Å². The Balaban J connectivity index is 4.37. The fourth-order valence-electron chi connectivity index (χ4n) is 5.43. The van der Waals surface area contributed by atoms with Gasteiger partial charge in [0.15, 0.2) is 0 Å². The number of esters is 1. The molecule has 0 saturated carbocycles. The second-order valence-electron chi connectivity index (χ2n) is 15.3. The number of rotatable bonds is 39. The first-order valence-corrected chi connectivity index (χ1v) is 23.2. The van der Waals surface area contributed by atoms with Crippen LogP contribution in [0, 0.1) is 0 Å². The first-order chi connectivity index (χ1) is 26.6. The molecule has 0 aromatic heterocycles. The number of nitrogens with zero attached hydrogens (tertiary/aromatic N) is 1. The lowest BCUT2D eigenvalue weighted by Gasteiger charge is -2.24. The Morgan fingerprint density at radius 2 is 1.05 bits per heavy atom. The summed E-state index contributed by atoms with van der Waals surface area (Å²) in [5, 5.41) is 0. The van der Waals surface area contributed by atoms with Gasteiger partial charge in [0.25, 0.3) is 0 Å². The first kappa shape index (κ1) is 52.9. The summed E-state index contributed by atoms with van der Waals surface area (Å²) in [6.07, 6.45) is 49.6. The molecule has 0 aliphatic heterocycles. The third kappa shape index (κ3) is 42.9. The van der Waals surface area contributed by atoms with E-state index in [1.807, 2.05) is 21.1 Å². The fourth-order valence-corrected chi connectivity index (χ4v) is 6.18. The van der Waals surface area contributed by atoms with Crippen LogP contribution in [0.5, 0.6) is 0 Å². The van der Waals surface area contributed by atoms with Crippen molar-refractivity contribution in [2.45, 2.75) is 161 Å². The highest BCUT2D eigenvalue weighted by atomic mass is 31.2. The number of hydrogen-bond donors (Lipinski definition) is 1. The molecule has 8 nitrogen and oxygen atoms in total. The molecule has 1 N–H and O–H groups in total. The smallest absolute Gasteiger partial charge is 0.457 e. The van der Waals surface area contributed by atoms with E-state index in [0.717, 1.165) is 51.4 Å². The molecule has 9 heteroatoms. The molecule has 0 spiro atoms. The summed E-state index contributed by atoms with van der Waals surface area (Å²) in [6, 6.07) is 0. The van der Waals surface area contributed by atoms with Crippen LogP contribution in [0.2, 0.25) is 0 Å². The van der Waals surface area contributed by atoms with Crippen molar-refractivity contribution in [2.24, 2.45) is 0 Å². The highest BCUT2D eigenvalue weighted by Gasteiger charge is 2.26. The zero-order valence-corrected chi connectivity index (χ0v) is 36.8. The largest absolute Gasteiger partial charge is 0.472 e. The molecule has 2 atom stereocenters. The van der Waals surface area contributed by atoms with E-state index in [1.54, 1.807) is 0 Å². The van der Waals surface area contributed by atoms with Crippen molar-refractivity contribution in [1.82, 2.24) is 0 Å². The van der Waals surface area contributed by atoms with E-state index in [1.165, 1.54) is 77.0 Å². The van der Waals surface area contributed by atoms with Crippen molar-refractivity contribution in [3.05, 3.63) is 72.9 Å². The van der Waals surface area contributed by atoms with Gasteiger partial charge in [-0.15, -0.1) is 0 Å². The molecule has 0 heterocycles. The molecule has 0 aliphatic rings. The summed E-state index contributed by atoms with van der Waals surface area (Å²) in [5.41, 5.74) is 0. The number of ether oxygens (including phenoxy) is 2. The minimum Gasteiger partial charge on any atom is -0.457 e. The maximum absolute atomic E-state index is 12.7. The zero-order valence-electron chi connectivity index (χ0n) is 35.9. The van der Waals surface area contributed by atoms with Gasteiger partial charge in [-0.25, -0.2) is 4.57 Å². The normalized spacial score (nSPS) is 14.5. The second-order valence-corrected chi connectivity index (χ2v) is 16.8. The van der Waals surface area contributed by atoms with Gasteiger partial charge in [-0.05, 0) is 70.6 Å². The molecule has 0 amide bonds. The van der Waals surface area contributed by atoms with Crippen LogP contribution >= 0.6 is 7.82 Å². The SMILES string of the molecule is CC/C=C\C/C=C\C/C=C\C/C=C\C/C=C\CCOCC(COP(=O)(O)OCC[N+](C)(C)C)OC(=O)CCCCCCCCC/C=C\CCCCCCCC. The summed E-state index contributed by atoms with van der Waals surface area (Å²) in [5.74, 6) is -0.346. The molecule has 0 bridgehead atoms. The summed E-state index contributed by atoms with van der Waals surface area (Å²) in [6.45, 7) is 5.25. The maximum atomic E-state index is 12.7. The van der Waals surface area contributed by atoms with Gasteiger partial charge in [0.2, 0.25) is 0 Å². The molecule has 0 fully saturated rings. The molecule has 0 aliphatic carbocycles. The van der Waals surface area contributed by atoms with Crippen LogP contribution in [0.4, 0.5) is 0 Å². The Bertz CT molecular complexity index is 1110. The molecule has 55 heavy (non-hydrogen) atoms. The Labute approximate surface area is 338 Å². The molecule has 0 rings (SSSR count). The summed E-state index contributed by atoms with van der Waals surface area (Å²) in [4.78, 5) is 22.9. The molecule has 0 aromatic carbocycles. The van der Waals surface area contributed by atoms with Crippen molar-refractivity contribution in [1.29, 1.82) is 0 Å². The van der Waals surface area contributed by atoms with Crippen LogP contribution in [-0.2, 0) is 27.9 Å². The van der Waals surface area contributed by atoms with Gasteiger partial charge >= 0.3 is 13.8 Å². The third-order valence-corrected chi connectivity index (χ3v) is 9.76. The zero-order chi connectivity index (χ0) is 40.6. The second kappa shape index (κ2) is 38.8. The minimum atomic E-state index is -4.30. The Hall–Kier alpha value is -2.06. The summed E-state index contributed by atoms with van der Waals surface area (Å²) in [7, 11) is 1.61. The molecule has 0 saturated heterocycles. The van der Waals surface area contributed by atoms with Crippen molar-refractivity contribution >= 4 is 13.8 Å². The van der Waals surface area contributed by atoms with E-state index in [2.05, 4.69) is 86.8 Å².